The third-order valence-electron chi connectivity index (χ3n) is 5.10. The Morgan fingerprint density at radius 1 is 0.975 bits per heavy atom. The summed E-state index contributed by atoms with van der Waals surface area (Å²) in [5.41, 5.74) is -0.105. The molecule has 40 heavy (non-hydrogen) atoms. The molecule has 1 aromatic heterocycles. The number of thiazole rings is 1. The smallest absolute Gasteiger partial charge is 0.345 e. The molecular formula is C23H23N3O13S. The molecule has 0 radical (unpaired) electrons. The summed E-state index contributed by atoms with van der Waals surface area (Å²) in [5, 5.41) is 13.0. The van der Waals surface area contributed by atoms with Crippen molar-refractivity contribution in [1.29, 1.82) is 0 Å². The predicted octanol–water partition coefficient (Wildman–Crippen LogP) is 1.38. The van der Waals surface area contributed by atoms with Gasteiger partial charge in [-0.1, -0.05) is 12.1 Å². The number of nitrogens with one attached hydrogen (secondary N) is 1. The zero-order valence-electron chi connectivity index (χ0n) is 21.4. The van der Waals surface area contributed by atoms with Crippen LogP contribution in [0.5, 0.6) is 5.75 Å². The van der Waals surface area contributed by atoms with Crippen LogP contribution in [-0.4, -0.2) is 77.5 Å². The molecule has 1 saturated heterocycles. The first-order chi connectivity index (χ1) is 18.9. The van der Waals surface area contributed by atoms with E-state index in [1.165, 1.54) is 24.3 Å². The molecular weight excluding hydrogens is 558 g/mol. The second kappa shape index (κ2) is 12.9. The lowest BCUT2D eigenvalue weighted by Crippen LogP contribution is -2.64. The second-order valence-electron chi connectivity index (χ2n) is 8.00. The standard InChI is InChI=1S/C23H23N3O13S/c1-10(27)35-16-17(36-11(2)28)19(37-12(3)29)22(39-18(16)21(31)34-4)38-14-8-6-5-7-13(14)20(30)25-23-24-9-15(40-23)26(32)33/h5-9,16-19,22H,1-4H3,(H,24,25,30)/t16-,17+,18?,19+,22-/m0/s1. The molecule has 0 aliphatic carbocycles. The van der Waals surface area contributed by atoms with Crippen LogP contribution >= 0.6 is 11.3 Å². The molecule has 1 aliphatic rings. The maximum absolute atomic E-state index is 13.0. The number of hydrogen-bond donors (Lipinski definition) is 1. The molecule has 1 aromatic carbocycles. The van der Waals surface area contributed by atoms with E-state index in [1.54, 1.807) is 0 Å². The topological polar surface area (TPSA) is 209 Å². The van der Waals surface area contributed by atoms with Gasteiger partial charge in [0.05, 0.1) is 17.6 Å². The number of amides is 1. The quantitative estimate of drug-likeness (QED) is 0.192. The van der Waals surface area contributed by atoms with E-state index < -0.39 is 65.4 Å². The molecule has 1 aliphatic heterocycles. The van der Waals surface area contributed by atoms with Crippen molar-refractivity contribution in [2.24, 2.45) is 0 Å². The van der Waals surface area contributed by atoms with E-state index in [0.717, 1.165) is 34.1 Å². The van der Waals surface area contributed by atoms with Crippen LogP contribution in [-0.2, 0) is 42.9 Å². The number of methoxy groups -OCH3 is 1. The molecule has 0 bridgehead atoms. The Balaban J connectivity index is 1.99. The van der Waals surface area contributed by atoms with Gasteiger partial charge in [-0.25, -0.2) is 9.78 Å². The van der Waals surface area contributed by atoms with Gasteiger partial charge in [0.15, 0.2) is 23.4 Å². The van der Waals surface area contributed by atoms with E-state index in [1.807, 2.05) is 0 Å². The zero-order valence-corrected chi connectivity index (χ0v) is 22.2. The Hall–Kier alpha value is -4.64. The summed E-state index contributed by atoms with van der Waals surface area (Å²) in [6.07, 6.45) is -7.21. The largest absolute Gasteiger partial charge is 0.467 e. The van der Waals surface area contributed by atoms with Gasteiger partial charge in [-0.3, -0.25) is 34.6 Å². The van der Waals surface area contributed by atoms with Crippen LogP contribution in [0.2, 0.25) is 0 Å². The van der Waals surface area contributed by atoms with E-state index in [0.29, 0.717) is 11.3 Å². The molecule has 0 spiro atoms. The van der Waals surface area contributed by atoms with Crippen LogP contribution < -0.4 is 10.1 Å². The molecule has 1 N–H and O–H groups in total. The van der Waals surface area contributed by atoms with Gasteiger partial charge in [0.1, 0.15) is 11.9 Å². The third-order valence-corrected chi connectivity index (χ3v) is 5.97. The van der Waals surface area contributed by atoms with Crippen LogP contribution in [0, 0.1) is 10.1 Å². The molecule has 0 saturated carbocycles. The minimum Gasteiger partial charge on any atom is -0.467 e. The van der Waals surface area contributed by atoms with Gasteiger partial charge in [0.25, 0.3) is 5.91 Å². The van der Waals surface area contributed by atoms with Crippen molar-refractivity contribution in [1.82, 2.24) is 4.98 Å². The first kappa shape index (κ1) is 29.9. The Bertz CT molecular complexity index is 1310. The maximum atomic E-state index is 13.0. The number of carbonyl (C=O) groups excluding carboxylic acids is 5. The van der Waals surface area contributed by atoms with Crippen LogP contribution in [0.4, 0.5) is 10.1 Å². The minimum atomic E-state index is -1.70. The maximum Gasteiger partial charge on any atom is 0.345 e. The monoisotopic (exact) mass is 581 g/mol. The Labute approximate surface area is 229 Å². The number of aromatic nitrogens is 1. The van der Waals surface area contributed by atoms with Crippen LogP contribution in [0.3, 0.4) is 0 Å². The summed E-state index contributed by atoms with van der Waals surface area (Å²) in [5.74, 6) is -4.57. The van der Waals surface area contributed by atoms with Crippen LogP contribution in [0.25, 0.3) is 0 Å². The first-order valence-corrected chi connectivity index (χ1v) is 12.1. The van der Waals surface area contributed by atoms with Crippen molar-refractivity contribution in [2.75, 3.05) is 12.4 Å². The molecule has 1 unspecified atom stereocenters. The highest BCUT2D eigenvalue weighted by Crippen LogP contribution is 2.33. The van der Waals surface area contributed by atoms with Gasteiger partial charge in [0, 0.05) is 20.8 Å². The van der Waals surface area contributed by atoms with Gasteiger partial charge < -0.3 is 28.4 Å². The lowest BCUT2D eigenvalue weighted by Gasteiger charge is -2.43. The number of rotatable bonds is 9. The number of benzene rings is 1. The van der Waals surface area contributed by atoms with E-state index in [2.05, 4.69) is 10.3 Å². The average molecular weight is 582 g/mol. The predicted molar refractivity (Wildman–Crippen MR) is 131 cm³/mol. The summed E-state index contributed by atoms with van der Waals surface area (Å²) in [6, 6.07) is 5.68. The van der Waals surface area contributed by atoms with E-state index in [9.17, 15) is 34.1 Å². The number of carbonyl (C=O) groups is 5. The lowest BCUT2D eigenvalue weighted by molar-refractivity contribution is -0.380. The SMILES string of the molecule is COC(=O)C1O[C@H](Oc2ccccc2C(=O)Nc2ncc([N+](=O)[O-])s2)[C@H](OC(C)=O)[C@H](OC(C)=O)[C@@H]1OC(C)=O. The first-order valence-electron chi connectivity index (χ1n) is 11.3. The molecule has 5 atom stereocenters. The van der Waals surface area contributed by atoms with E-state index >= 15 is 0 Å². The fraction of sp³-hybridized carbons (Fsp3) is 0.391. The van der Waals surface area contributed by atoms with Gasteiger partial charge >= 0.3 is 28.9 Å². The van der Waals surface area contributed by atoms with Gasteiger partial charge in [-0.05, 0) is 23.5 Å². The Kier molecular flexibility index (Phi) is 9.68. The Morgan fingerprint density at radius 3 is 2.15 bits per heavy atom. The molecule has 2 heterocycles. The van der Waals surface area contributed by atoms with E-state index in [-0.39, 0.29) is 21.4 Å². The Morgan fingerprint density at radius 2 is 1.57 bits per heavy atom. The highest BCUT2D eigenvalue weighted by molar-refractivity contribution is 7.18. The summed E-state index contributed by atoms with van der Waals surface area (Å²) in [4.78, 5) is 75.4. The normalized spacial score (nSPS) is 21.9. The molecule has 1 fully saturated rings. The summed E-state index contributed by atoms with van der Waals surface area (Å²) >= 11 is 0.623. The summed E-state index contributed by atoms with van der Waals surface area (Å²) in [6.45, 7) is 3.12. The number of hydrogen-bond acceptors (Lipinski definition) is 15. The molecule has 2 aromatic rings. The summed E-state index contributed by atoms with van der Waals surface area (Å²) in [7, 11) is 1.04. The summed E-state index contributed by atoms with van der Waals surface area (Å²) < 4.78 is 32.1. The average Bonchev–Trinajstić information content (AvgIpc) is 3.35. The van der Waals surface area contributed by atoms with Crippen molar-refractivity contribution >= 4 is 51.3 Å². The molecule has 17 heteroatoms. The van der Waals surface area contributed by atoms with Crippen LogP contribution in [0.15, 0.2) is 30.5 Å². The number of nitro groups is 1. The van der Waals surface area contributed by atoms with Crippen molar-refractivity contribution in [3.8, 4) is 5.75 Å². The van der Waals surface area contributed by atoms with Crippen molar-refractivity contribution in [2.45, 2.75) is 51.5 Å². The molecule has 214 valence electrons. The molecule has 1 amide bonds. The highest BCUT2D eigenvalue weighted by Gasteiger charge is 2.56. The third kappa shape index (κ3) is 7.26. The number of esters is 4. The van der Waals surface area contributed by atoms with Crippen molar-refractivity contribution in [3.63, 3.8) is 0 Å². The minimum absolute atomic E-state index is 0.0666. The molecule has 16 nitrogen and oxygen atoms in total. The fourth-order valence-corrected chi connectivity index (χ4v) is 4.26. The highest BCUT2D eigenvalue weighted by atomic mass is 32.1. The fourth-order valence-electron chi connectivity index (χ4n) is 3.63. The number of nitrogens with zero attached hydrogens (tertiary/aromatic N) is 2. The van der Waals surface area contributed by atoms with Crippen molar-refractivity contribution < 1.29 is 57.3 Å². The second-order valence-corrected chi connectivity index (χ2v) is 9.01. The number of para-hydroxylation sites is 1. The number of anilines is 1. The van der Waals surface area contributed by atoms with Gasteiger partial charge in [0.2, 0.25) is 12.4 Å². The number of ether oxygens (including phenoxy) is 6. The molecule has 3 rings (SSSR count). The zero-order chi connectivity index (χ0) is 29.6. The van der Waals surface area contributed by atoms with Gasteiger partial charge in [-0.15, -0.1) is 0 Å². The van der Waals surface area contributed by atoms with Gasteiger partial charge in [-0.2, -0.15) is 0 Å². The van der Waals surface area contributed by atoms with E-state index in [4.69, 9.17) is 28.4 Å². The van der Waals surface area contributed by atoms with Crippen LogP contribution in [0.1, 0.15) is 31.1 Å². The van der Waals surface area contributed by atoms with Crippen molar-refractivity contribution in [3.05, 3.63) is 46.1 Å². The lowest BCUT2D eigenvalue weighted by atomic mass is 9.97.